The van der Waals surface area contributed by atoms with E-state index in [0.717, 1.165) is 22.9 Å². The SMILES string of the molecule is CCCn1nc(C)cc1NS(=O)(=O)c1ccc2ccccc2c1. The predicted molar refractivity (Wildman–Crippen MR) is 92.0 cm³/mol. The molecule has 0 atom stereocenters. The minimum atomic E-state index is -3.64. The molecule has 0 aliphatic rings. The minimum absolute atomic E-state index is 0.248. The number of benzene rings is 2. The molecule has 5 nitrogen and oxygen atoms in total. The summed E-state index contributed by atoms with van der Waals surface area (Å²) in [5.41, 5.74) is 0.787. The van der Waals surface area contributed by atoms with Crippen molar-refractivity contribution in [3.05, 3.63) is 54.2 Å². The van der Waals surface area contributed by atoms with Crippen molar-refractivity contribution in [1.29, 1.82) is 0 Å². The number of nitrogens with zero attached hydrogens (tertiary/aromatic N) is 2. The summed E-state index contributed by atoms with van der Waals surface area (Å²) in [5.74, 6) is 0.498. The van der Waals surface area contributed by atoms with Crippen LogP contribution in [-0.2, 0) is 16.6 Å². The van der Waals surface area contributed by atoms with Crippen molar-refractivity contribution in [3.63, 3.8) is 0 Å². The van der Waals surface area contributed by atoms with Crippen molar-refractivity contribution in [3.8, 4) is 0 Å². The van der Waals surface area contributed by atoms with Crippen molar-refractivity contribution in [2.24, 2.45) is 0 Å². The first kappa shape index (κ1) is 15.6. The Hall–Kier alpha value is -2.34. The van der Waals surface area contributed by atoms with Gasteiger partial charge in [0, 0.05) is 12.6 Å². The fourth-order valence-corrected chi connectivity index (χ4v) is 3.63. The van der Waals surface area contributed by atoms with E-state index in [1.54, 1.807) is 22.9 Å². The molecule has 1 aromatic heterocycles. The summed E-state index contributed by atoms with van der Waals surface area (Å²) in [6, 6.07) is 14.6. The third-order valence-corrected chi connectivity index (χ3v) is 4.96. The molecule has 3 aromatic rings. The van der Waals surface area contributed by atoms with Gasteiger partial charge in [-0.15, -0.1) is 0 Å². The van der Waals surface area contributed by atoms with E-state index in [1.807, 2.05) is 44.2 Å². The van der Waals surface area contributed by atoms with Gasteiger partial charge in [0.1, 0.15) is 5.82 Å². The second kappa shape index (κ2) is 6.04. The summed E-state index contributed by atoms with van der Waals surface area (Å²) in [4.78, 5) is 0.248. The summed E-state index contributed by atoms with van der Waals surface area (Å²) in [6.07, 6.45) is 0.881. The van der Waals surface area contributed by atoms with Crippen LogP contribution in [0.1, 0.15) is 19.0 Å². The molecule has 2 aromatic carbocycles. The molecular formula is C17H19N3O2S. The van der Waals surface area contributed by atoms with E-state index < -0.39 is 10.0 Å². The maximum Gasteiger partial charge on any atom is 0.263 e. The Morgan fingerprint density at radius 1 is 1.09 bits per heavy atom. The molecule has 0 saturated carbocycles. The van der Waals surface area contributed by atoms with Gasteiger partial charge >= 0.3 is 0 Å². The van der Waals surface area contributed by atoms with Gasteiger partial charge < -0.3 is 0 Å². The van der Waals surface area contributed by atoms with E-state index >= 15 is 0 Å². The summed E-state index contributed by atoms with van der Waals surface area (Å²) >= 11 is 0. The zero-order valence-corrected chi connectivity index (χ0v) is 14.0. The molecule has 0 radical (unpaired) electrons. The van der Waals surface area contributed by atoms with Gasteiger partial charge in [-0.1, -0.05) is 37.3 Å². The number of rotatable bonds is 5. The maximum absolute atomic E-state index is 12.7. The Kier molecular flexibility index (Phi) is 4.09. The largest absolute Gasteiger partial charge is 0.264 e. The summed E-state index contributed by atoms with van der Waals surface area (Å²) in [5, 5.41) is 6.23. The molecule has 0 spiro atoms. The number of aryl methyl sites for hydroxylation is 2. The number of anilines is 1. The molecule has 0 saturated heterocycles. The van der Waals surface area contributed by atoms with Crippen molar-refractivity contribution in [1.82, 2.24) is 9.78 Å². The highest BCUT2D eigenvalue weighted by Gasteiger charge is 2.17. The lowest BCUT2D eigenvalue weighted by molar-refractivity contribution is 0.592. The van der Waals surface area contributed by atoms with E-state index in [2.05, 4.69) is 9.82 Å². The van der Waals surface area contributed by atoms with Crippen LogP contribution in [-0.4, -0.2) is 18.2 Å². The molecule has 1 heterocycles. The van der Waals surface area contributed by atoms with Crippen molar-refractivity contribution in [2.75, 3.05) is 4.72 Å². The lowest BCUT2D eigenvalue weighted by Crippen LogP contribution is -2.16. The number of aromatic nitrogens is 2. The molecule has 23 heavy (non-hydrogen) atoms. The third kappa shape index (κ3) is 3.22. The average molecular weight is 329 g/mol. The molecule has 6 heteroatoms. The average Bonchev–Trinajstić information content (AvgIpc) is 2.86. The second-order valence-corrected chi connectivity index (χ2v) is 7.19. The maximum atomic E-state index is 12.7. The molecule has 1 N–H and O–H groups in total. The zero-order chi connectivity index (χ0) is 16.4. The lowest BCUT2D eigenvalue weighted by Gasteiger charge is -2.10. The molecule has 0 unspecified atom stereocenters. The summed E-state index contributed by atoms with van der Waals surface area (Å²) in [7, 11) is -3.64. The van der Waals surface area contributed by atoms with Crippen LogP contribution in [0.3, 0.4) is 0 Å². The third-order valence-electron chi connectivity index (χ3n) is 3.61. The number of fused-ring (bicyclic) bond motifs is 1. The Bertz CT molecular complexity index is 945. The van der Waals surface area contributed by atoms with E-state index in [9.17, 15) is 8.42 Å². The Morgan fingerprint density at radius 2 is 1.83 bits per heavy atom. The molecule has 0 aliphatic carbocycles. The quantitative estimate of drug-likeness (QED) is 0.778. The van der Waals surface area contributed by atoms with Gasteiger partial charge in [-0.05, 0) is 36.2 Å². The Morgan fingerprint density at radius 3 is 2.57 bits per heavy atom. The zero-order valence-electron chi connectivity index (χ0n) is 13.2. The highest BCUT2D eigenvalue weighted by Crippen LogP contribution is 2.22. The van der Waals surface area contributed by atoms with Gasteiger partial charge in [-0.2, -0.15) is 5.10 Å². The van der Waals surface area contributed by atoms with Crippen molar-refractivity contribution >= 4 is 26.6 Å². The Balaban J connectivity index is 1.97. The van der Waals surface area contributed by atoms with E-state index in [1.165, 1.54) is 0 Å². The number of sulfonamides is 1. The molecular weight excluding hydrogens is 310 g/mol. The van der Waals surface area contributed by atoms with E-state index in [0.29, 0.717) is 12.4 Å². The van der Waals surface area contributed by atoms with Gasteiger partial charge in [-0.3, -0.25) is 4.72 Å². The van der Waals surface area contributed by atoms with Crippen LogP contribution in [0.5, 0.6) is 0 Å². The van der Waals surface area contributed by atoms with Crippen LogP contribution in [0.2, 0.25) is 0 Å². The smallest absolute Gasteiger partial charge is 0.263 e. The summed E-state index contributed by atoms with van der Waals surface area (Å²) < 4.78 is 29.7. The highest BCUT2D eigenvalue weighted by molar-refractivity contribution is 7.92. The van der Waals surface area contributed by atoms with Gasteiger partial charge in [0.2, 0.25) is 0 Å². The standard InChI is InChI=1S/C17H19N3O2S/c1-3-10-20-17(11-13(2)18-20)19-23(21,22)16-9-8-14-6-4-5-7-15(14)12-16/h4-9,11-12,19H,3,10H2,1-2H3. The molecule has 0 amide bonds. The molecule has 3 rings (SSSR count). The molecule has 0 aliphatic heterocycles. The molecule has 0 fully saturated rings. The molecule has 120 valence electrons. The Labute approximate surface area is 136 Å². The summed E-state index contributed by atoms with van der Waals surface area (Å²) in [6.45, 7) is 4.54. The first-order chi connectivity index (χ1) is 11.0. The van der Waals surface area contributed by atoms with Crippen LogP contribution >= 0.6 is 0 Å². The monoisotopic (exact) mass is 329 g/mol. The fraction of sp³-hybridized carbons (Fsp3) is 0.235. The second-order valence-electron chi connectivity index (χ2n) is 5.51. The number of nitrogens with one attached hydrogen (secondary N) is 1. The number of hydrogen-bond acceptors (Lipinski definition) is 3. The van der Waals surface area contributed by atoms with Gasteiger partial charge in [0.25, 0.3) is 10.0 Å². The van der Waals surface area contributed by atoms with Crippen LogP contribution in [0.25, 0.3) is 10.8 Å². The highest BCUT2D eigenvalue weighted by atomic mass is 32.2. The van der Waals surface area contributed by atoms with E-state index in [4.69, 9.17) is 0 Å². The predicted octanol–water partition coefficient (Wildman–Crippen LogP) is 3.56. The van der Waals surface area contributed by atoms with Gasteiger partial charge in [0.15, 0.2) is 0 Å². The van der Waals surface area contributed by atoms with E-state index in [-0.39, 0.29) is 4.90 Å². The van der Waals surface area contributed by atoms with Gasteiger partial charge in [-0.25, -0.2) is 13.1 Å². The number of hydrogen-bond donors (Lipinski definition) is 1. The van der Waals surface area contributed by atoms with Crippen LogP contribution in [0.15, 0.2) is 53.4 Å². The first-order valence-electron chi connectivity index (χ1n) is 7.55. The van der Waals surface area contributed by atoms with Crippen LogP contribution < -0.4 is 4.72 Å². The van der Waals surface area contributed by atoms with Crippen LogP contribution in [0, 0.1) is 6.92 Å². The normalized spacial score (nSPS) is 11.7. The lowest BCUT2D eigenvalue weighted by atomic mass is 10.1. The molecule has 0 bridgehead atoms. The van der Waals surface area contributed by atoms with Crippen molar-refractivity contribution in [2.45, 2.75) is 31.7 Å². The van der Waals surface area contributed by atoms with Crippen molar-refractivity contribution < 1.29 is 8.42 Å². The first-order valence-corrected chi connectivity index (χ1v) is 9.04. The topological polar surface area (TPSA) is 64.0 Å². The minimum Gasteiger partial charge on any atom is -0.264 e. The van der Waals surface area contributed by atoms with Crippen LogP contribution in [0.4, 0.5) is 5.82 Å². The fourth-order valence-electron chi connectivity index (χ4n) is 2.54. The van der Waals surface area contributed by atoms with Gasteiger partial charge in [0.05, 0.1) is 10.6 Å².